The average molecular weight is 341 g/mol. The Kier molecular flexibility index (Phi) is 3.72. The zero-order valence-corrected chi connectivity index (χ0v) is 14.6. The Labute approximate surface area is 144 Å². The maximum atomic E-state index is 12.6. The lowest BCUT2D eigenvalue weighted by atomic mass is 10.2. The summed E-state index contributed by atoms with van der Waals surface area (Å²) in [5.41, 5.74) is 2.00. The molecule has 0 aromatic carbocycles. The highest BCUT2D eigenvalue weighted by Gasteiger charge is 2.24. The number of carbonyl (C=O) groups is 1. The van der Waals surface area contributed by atoms with E-state index in [2.05, 4.69) is 15.0 Å². The quantitative estimate of drug-likeness (QED) is 0.718. The third-order valence-corrected chi connectivity index (χ3v) is 5.30. The van der Waals surface area contributed by atoms with Gasteiger partial charge in [-0.05, 0) is 32.0 Å². The molecular formula is C17H19N5OS. The van der Waals surface area contributed by atoms with Gasteiger partial charge in [0.25, 0.3) is 5.91 Å². The van der Waals surface area contributed by atoms with Crippen molar-refractivity contribution in [1.82, 2.24) is 19.5 Å². The van der Waals surface area contributed by atoms with Gasteiger partial charge in [-0.3, -0.25) is 4.79 Å². The highest BCUT2D eigenvalue weighted by atomic mass is 32.1. The first kappa shape index (κ1) is 15.1. The number of nitrogens with zero attached hydrogens (tertiary/aromatic N) is 5. The van der Waals surface area contributed by atoms with Crippen molar-refractivity contribution < 1.29 is 4.79 Å². The average Bonchev–Trinajstić information content (AvgIpc) is 3.18. The summed E-state index contributed by atoms with van der Waals surface area (Å²) in [6, 6.07) is 5.97. The Bertz CT molecular complexity index is 891. The van der Waals surface area contributed by atoms with Crippen LogP contribution in [0.1, 0.15) is 20.2 Å². The van der Waals surface area contributed by atoms with Crippen LogP contribution in [0.4, 0.5) is 5.82 Å². The van der Waals surface area contributed by atoms with Crippen molar-refractivity contribution in [3.8, 4) is 0 Å². The van der Waals surface area contributed by atoms with Gasteiger partial charge in [-0.2, -0.15) is 5.10 Å². The van der Waals surface area contributed by atoms with E-state index in [0.717, 1.165) is 35.0 Å². The van der Waals surface area contributed by atoms with E-state index >= 15 is 0 Å². The van der Waals surface area contributed by atoms with Crippen LogP contribution in [0, 0.1) is 13.8 Å². The van der Waals surface area contributed by atoms with Gasteiger partial charge >= 0.3 is 0 Å². The van der Waals surface area contributed by atoms with Gasteiger partial charge in [0.1, 0.15) is 5.52 Å². The van der Waals surface area contributed by atoms with Crippen LogP contribution in [-0.2, 0) is 0 Å². The Morgan fingerprint density at radius 3 is 2.67 bits per heavy atom. The normalized spacial score (nSPS) is 15.2. The summed E-state index contributed by atoms with van der Waals surface area (Å²) in [4.78, 5) is 23.3. The Morgan fingerprint density at radius 1 is 1.17 bits per heavy atom. The molecule has 124 valence electrons. The van der Waals surface area contributed by atoms with Gasteiger partial charge in [-0.15, -0.1) is 11.3 Å². The summed E-state index contributed by atoms with van der Waals surface area (Å²) in [7, 11) is 0. The molecule has 1 fully saturated rings. The minimum Gasteiger partial charge on any atom is -0.351 e. The van der Waals surface area contributed by atoms with E-state index in [1.165, 1.54) is 4.88 Å². The van der Waals surface area contributed by atoms with E-state index in [-0.39, 0.29) is 5.91 Å². The number of carbonyl (C=O) groups excluding carboxylic acids is 1. The van der Waals surface area contributed by atoms with Crippen molar-refractivity contribution in [1.29, 1.82) is 0 Å². The highest BCUT2D eigenvalue weighted by molar-refractivity contribution is 7.13. The van der Waals surface area contributed by atoms with Crippen LogP contribution in [0.25, 0.3) is 5.52 Å². The van der Waals surface area contributed by atoms with Crippen molar-refractivity contribution in [3.63, 3.8) is 0 Å². The number of aryl methyl sites for hydroxylation is 2. The number of amides is 1. The lowest BCUT2D eigenvalue weighted by Gasteiger charge is -2.35. The molecule has 0 bridgehead atoms. The Morgan fingerprint density at radius 2 is 1.96 bits per heavy atom. The van der Waals surface area contributed by atoms with Crippen LogP contribution >= 0.6 is 11.3 Å². The van der Waals surface area contributed by atoms with Crippen LogP contribution in [0.15, 0.2) is 30.6 Å². The van der Waals surface area contributed by atoms with E-state index in [4.69, 9.17) is 0 Å². The molecule has 4 rings (SSSR count). The van der Waals surface area contributed by atoms with Crippen molar-refractivity contribution >= 4 is 28.6 Å². The number of hydrogen-bond acceptors (Lipinski definition) is 5. The first-order valence-corrected chi connectivity index (χ1v) is 8.85. The molecule has 0 atom stereocenters. The molecule has 1 aliphatic rings. The molecule has 4 heterocycles. The first-order valence-electron chi connectivity index (χ1n) is 8.03. The second-order valence-electron chi connectivity index (χ2n) is 6.06. The van der Waals surface area contributed by atoms with E-state index in [9.17, 15) is 4.79 Å². The van der Waals surface area contributed by atoms with Crippen LogP contribution in [0.3, 0.4) is 0 Å². The SMILES string of the molecule is Cc1cc2c(N3CCN(C(=O)c4ccc(C)s4)CC3)nccn2n1. The molecule has 6 nitrogen and oxygen atoms in total. The van der Waals surface area contributed by atoms with Gasteiger partial charge in [0.15, 0.2) is 5.82 Å². The number of anilines is 1. The van der Waals surface area contributed by atoms with Crippen LogP contribution in [-0.4, -0.2) is 51.6 Å². The molecule has 0 aliphatic carbocycles. The van der Waals surface area contributed by atoms with Gasteiger partial charge in [-0.25, -0.2) is 9.50 Å². The number of rotatable bonds is 2. The largest absolute Gasteiger partial charge is 0.351 e. The molecule has 1 saturated heterocycles. The fourth-order valence-corrected chi connectivity index (χ4v) is 3.94. The summed E-state index contributed by atoms with van der Waals surface area (Å²) in [6.45, 7) is 7.01. The molecule has 0 saturated carbocycles. The molecule has 0 radical (unpaired) electrons. The van der Waals surface area contributed by atoms with Gasteiger partial charge in [0.05, 0.1) is 10.6 Å². The fourth-order valence-electron chi connectivity index (χ4n) is 3.10. The van der Waals surface area contributed by atoms with Crippen molar-refractivity contribution in [3.05, 3.63) is 46.0 Å². The van der Waals surface area contributed by atoms with Crippen molar-refractivity contribution in [2.45, 2.75) is 13.8 Å². The summed E-state index contributed by atoms with van der Waals surface area (Å²) >= 11 is 1.56. The number of piperazine rings is 1. The minimum atomic E-state index is 0.138. The lowest BCUT2D eigenvalue weighted by Crippen LogP contribution is -2.49. The molecule has 0 unspecified atom stereocenters. The smallest absolute Gasteiger partial charge is 0.264 e. The summed E-state index contributed by atoms with van der Waals surface area (Å²) < 4.78 is 1.86. The topological polar surface area (TPSA) is 53.7 Å². The zero-order valence-electron chi connectivity index (χ0n) is 13.8. The molecule has 7 heteroatoms. The minimum absolute atomic E-state index is 0.138. The van der Waals surface area contributed by atoms with E-state index in [0.29, 0.717) is 13.1 Å². The maximum Gasteiger partial charge on any atom is 0.264 e. The molecule has 3 aromatic rings. The molecule has 3 aromatic heterocycles. The number of hydrogen-bond donors (Lipinski definition) is 0. The predicted molar refractivity (Wildman–Crippen MR) is 94.9 cm³/mol. The van der Waals surface area contributed by atoms with Crippen LogP contribution in [0.5, 0.6) is 0 Å². The van der Waals surface area contributed by atoms with Crippen molar-refractivity contribution in [2.24, 2.45) is 0 Å². The van der Waals surface area contributed by atoms with Gasteiger partial charge in [-0.1, -0.05) is 0 Å². The molecule has 0 N–H and O–H groups in total. The standard InChI is InChI=1S/C17H19N5OS/c1-12-11-14-16(18-5-6-22(14)19-12)20-7-9-21(10-8-20)17(23)15-4-3-13(2)24-15/h3-6,11H,7-10H2,1-2H3. The van der Waals surface area contributed by atoms with E-state index < -0.39 is 0 Å². The molecule has 24 heavy (non-hydrogen) atoms. The summed E-state index contributed by atoms with van der Waals surface area (Å²) in [6.07, 6.45) is 3.64. The highest BCUT2D eigenvalue weighted by Crippen LogP contribution is 2.22. The second kappa shape index (κ2) is 5.90. The number of thiophene rings is 1. The monoisotopic (exact) mass is 341 g/mol. The second-order valence-corrected chi connectivity index (χ2v) is 7.34. The van der Waals surface area contributed by atoms with Gasteiger partial charge in [0.2, 0.25) is 0 Å². The third-order valence-electron chi connectivity index (χ3n) is 4.31. The molecule has 1 aliphatic heterocycles. The summed E-state index contributed by atoms with van der Waals surface area (Å²) in [5.74, 6) is 1.08. The maximum absolute atomic E-state index is 12.6. The van der Waals surface area contributed by atoms with E-state index in [1.54, 1.807) is 17.5 Å². The Balaban J connectivity index is 1.50. The van der Waals surface area contributed by atoms with Crippen molar-refractivity contribution in [2.75, 3.05) is 31.1 Å². The predicted octanol–water partition coefficient (Wildman–Crippen LogP) is 2.37. The lowest BCUT2D eigenvalue weighted by molar-refractivity contribution is 0.0751. The first-order chi connectivity index (χ1) is 11.6. The number of fused-ring (bicyclic) bond motifs is 1. The molecule has 0 spiro atoms. The molecular weight excluding hydrogens is 322 g/mol. The zero-order chi connectivity index (χ0) is 16.7. The van der Waals surface area contributed by atoms with Gasteiger partial charge in [0, 0.05) is 43.4 Å². The fraction of sp³-hybridized carbons (Fsp3) is 0.353. The third kappa shape index (κ3) is 2.65. The Hall–Kier alpha value is -2.41. The van der Waals surface area contributed by atoms with Crippen LogP contribution in [0.2, 0.25) is 0 Å². The number of aromatic nitrogens is 3. The molecule has 1 amide bonds. The summed E-state index contributed by atoms with van der Waals surface area (Å²) in [5, 5.41) is 4.44. The van der Waals surface area contributed by atoms with Gasteiger partial charge < -0.3 is 9.80 Å². The van der Waals surface area contributed by atoms with E-state index in [1.807, 2.05) is 47.7 Å². The van der Waals surface area contributed by atoms with Crippen LogP contribution < -0.4 is 4.90 Å².